The number of hydrogen-bond acceptors (Lipinski definition) is 2. The maximum atomic E-state index is 12.4. The minimum atomic E-state index is -0.357. The third-order valence-electron chi connectivity index (χ3n) is 3.99. The summed E-state index contributed by atoms with van der Waals surface area (Å²) in [6.07, 6.45) is 0. The van der Waals surface area contributed by atoms with E-state index in [9.17, 15) is 9.90 Å². The van der Waals surface area contributed by atoms with E-state index in [1.165, 1.54) is 0 Å². The number of nitrogens with zero attached hydrogens (tertiary/aromatic N) is 2. The van der Waals surface area contributed by atoms with Gasteiger partial charge in [0.15, 0.2) is 5.88 Å². The van der Waals surface area contributed by atoms with Crippen molar-refractivity contribution in [1.82, 2.24) is 4.57 Å². The number of halogens is 1. The summed E-state index contributed by atoms with van der Waals surface area (Å²) in [6, 6.07) is 12.7. The van der Waals surface area contributed by atoms with Crippen LogP contribution >= 0.6 is 11.6 Å². The van der Waals surface area contributed by atoms with Gasteiger partial charge in [-0.15, -0.1) is 0 Å². The number of para-hydroxylation sites is 1. The number of hydrogen-bond donors (Lipinski definition) is 1. The number of aromatic hydroxyl groups is 1. The molecule has 0 unspecified atom stereocenters. The number of aryl methyl sites for hydroxylation is 1. The van der Waals surface area contributed by atoms with Crippen LogP contribution in [-0.2, 0) is 11.8 Å². The molecule has 1 aliphatic heterocycles. The highest BCUT2D eigenvalue weighted by atomic mass is 35.5. The monoisotopic (exact) mass is 310 g/mol. The Morgan fingerprint density at radius 1 is 1.18 bits per heavy atom. The summed E-state index contributed by atoms with van der Waals surface area (Å²) in [5, 5.41) is 13.1. The highest BCUT2D eigenvalue weighted by Gasteiger charge is 2.26. The summed E-state index contributed by atoms with van der Waals surface area (Å²) in [4.78, 5) is 16.4. The van der Waals surface area contributed by atoms with Crippen LogP contribution in [0, 0.1) is 0 Å². The first-order valence-electron chi connectivity index (χ1n) is 6.77. The van der Waals surface area contributed by atoms with E-state index in [2.05, 4.69) is 4.99 Å². The molecule has 0 fully saturated rings. The smallest absolute Gasteiger partial charge is 0.279 e. The average Bonchev–Trinajstić information content (AvgIpc) is 2.94. The lowest BCUT2D eigenvalue weighted by atomic mass is 10.0. The topological polar surface area (TPSA) is 54.6 Å². The Morgan fingerprint density at radius 2 is 1.95 bits per heavy atom. The van der Waals surface area contributed by atoms with E-state index in [4.69, 9.17) is 11.6 Å². The van der Waals surface area contributed by atoms with Crippen molar-refractivity contribution in [3.8, 4) is 5.88 Å². The van der Waals surface area contributed by atoms with Gasteiger partial charge in [0, 0.05) is 22.7 Å². The SMILES string of the molecule is Cn1c(O)c(C2=c3ccc(Cl)cc3=NC2=O)c2ccccc21. The Hall–Kier alpha value is -2.59. The molecule has 1 amide bonds. The second-order valence-electron chi connectivity index (χ2n) is 5.23. The van der Waals surface area contributed by atoms with Crippen LogP contribution in [0.15, 0.2) is 47.5 Å². The third-order valence-corrected chi connectivity index (χ3v) is 4.23. The van der Waals surface area contributed by atoms with Crippen molar-refractivity contribution in [2.75, 3.05) is 0 Å². The first-order valence-corrected chi connectivity index (χ1v) is 7.15. The normalized spacial score (nSPS) is 13.5. The van der Waals surface area contributed by atoms with E-state index in [-0.39, 0.29) is 11.8 Å². The molecule has 0 spiro atoms. The zero-order chi connectivity index (χ0) is 15.4. The van der Waals surface area contributed by atoms with E-state index in [0.29, 0.717) is 26.7 Å². The van der Waals surface area contributed by atoms with Crippen LogP contribution in [0.3, 0.4) is 0 Å². The first kappa shape index (κ1) is 13.1. The molecule has 0 bridgehead atoms. The highest BCUT2D eigenvalue weighted by Crippen LogP contribution is 2.35. The lowest BCUT2D eigenvalue weighted by Crippen LogP contribution is -2.22. The second-order valence-corrected chi connectivity index (χ2v) is 5.66. The Morgan fingerprint density at radius 3 is 2.77 bits per heavy atom. The Kier molecular flexibility index (Phi) is 2.65. The zero-order valence-electron chi connectivity index (χ0n) is 11.7. The molecular formula is C17H11ClN2O2. The number of carbonyl (C=O) groups excluding carboxylic acids is 1. The molecule has 4 rings (SSSR count). The number of rotatable bonds is 1. The first-order chi connectivity index (χ1) is 10.6. The van der Waals surface area contributed by atoms with Crippen molar-refractivity contribution < 1.29 is 9.90 Å². The van der Waals surface area contributed by atoms with Gasteiger partial charge in [-0.25, -0.2) is 4.99 Å². The van der Waals surface area contributed by atoms with Crippen molar-refractivity contribution in [3.63, 3.8) is 0 Å². The van der Waals surface area contributed by atoms with Gasteiger partial charge in [0.1, 0.15) is 0 Å². The molecule has 108 valence electrons. The highest BCUT2D eigenvalue weighted by molar-refractivity contribution is 6.30. The van der Waals surface area contributed by atoms with Gasteiger partial charge >= 0.3 is 0 Å². The van der Waals surface area contributed by atoms with E-state index in [0.717, 1.165) is 10.9 Å². The summed E-state index contributed by atoms with van der Waals surface area (Å²) in [6.45, 7) is 0. The molecule has 1 aliphatic rings. The van der Waals surface area contributed by atoms with Crippen molar-refractivity contribution in [2.24, 2.45) is 12.0 Å². The number of amides is 1. The van der Waals surface area contributed by atoms with Crippen LogP contribution in [-0.4, -0.2) is 15.6 Å². The molecule has 0 radical (unpaired) electrons. The minimum Gasteiger partial charge on any atom is -0.494 e. The van der Waals surface area contributed by atoms with Gasteiger partial charge in [0.25, 0.3) is 5.91 Å². The molecular weight excluding hydrogens is 300 g/mol. The van der Waals surface area contributed by atoms with Crippen LogP contribution in [0.4, 0.5) is 0 Å². The van der Waals surface area contributed by atoms with Gasteiger partial charge in [0.2, 0.25) is 0 Å². The quantitative estimate of drug-likeness (QED) is 0.746. The van der Waals surface area contributed by atoms with Gasteiger partial charge < -0.3 is 9.67 Å². The van der Waals surface area contributed by atoms with E-state index < -0.39 is 0 Å². The molecule has 2 aromatic carbocycles. The number of benzene rings is 2. The van der Waals surface area contributed by atoms with Gasteiger partial charge in [0.05, 0.1) is 22.0 Å². The van der Waals surface area contributed by atoms with E-state index in [1.54, 1.807) is 29.8 Å². The Labute approximate surface area is 130 Å². The summed E-state index contributed by atoms with van der Waals surface area (Å²) in [7, 11) is 1.76. The molecule has 4 nitrogen and oxygen atoms in total. The molecule has 0 atom stereocenters. The molecule has 0 saturated carbocycles. The van der Waals surface area contributed by atoms with Gasteiger partial charge in [-0.1, -0.05) is 35.9 Å². The largest absolute Gasteiger partial charge is 0.494 e. The summed E-state index contributed by atoms with van der Waals surface area (Å²) < 4.78 is 1.67. The van der Waals surface area contributed by atoms with E-state index in [1.807, 2.05) is 24.3 Å². The lowest BCUT2D eigenvalue weighted by molar-refractivity contribution is -0.112. The summed E-state index contributed by atoms with van der Waals surface area (Å²) in [5.74, 6) is -0.300. The number of carbonyl (C=O) groups is 1. The molecule has 22 heavy (non-hydrogen) atoms. The molecule has 1 N–H and O–H groups in total. The third kappa shape index (κ3) is 1.64. The predicted octanol–water partition coefficient (Wildman–Crippen LogP) is 1.90. The number of fused-ring (bicyclic) bond motifs is 2. The molecule has 5 heteroatoms. The van der Waals surface area contributed by atoms with Crippen molar-refractivity contribution >= 4 is 34.0 Å². The Balaban J connectivity index is 2.19. The standard InChI is InChI=1S/C17H11ClN2O2/c1-20-13-5-3-2-4-11(13)15(17(20)22)14-10-7-6-9(18)8-12(10)19-16(14)21/h2-8,22H,1H3. The van der Waals surface area contributed by atoms with E-state index >= 15 is 0 Å². The Bertz CT molecular complexity index is 1080. The van der Waals surface area contributed by atoms with Crippen LogP contribution in [0.5, 0.6) is 5.88 Å². The molecule has 2 heterocycles. The molecule has 0 saturated heterocycles. The summed E-state index contributed by atoms with van der Waals surface area (Å²) in [5.41, 5.74) is 1.80. The fourth-order valence-corrected chi connectivity index (χ4v) is 3.12. The second kappa shape index (κ2) is 4.45. The van der Waals surface area contributed by atoms with Gasteiger partial charge in [-0.3, -0.25) is 4.79 Å². The van der Waals surface area contributed by atoms with Crippen LogP contribution in [0.2, 0.25) is 5.02 Å². The van der Waals surface area contributed by atoms with Crippen molar-refractivity contribution in [1.29, 1.82) is 0 Å². The fourth-order valence-electron chi connectivity index (χ4n) is 2.96. The van der Waals surface area contributed by atoms with Crippen LogP contribution < -0.4 is 10.6 Å². The van der Waals surface area contributed by atoms with Crippen LogP contribution in [0.25, 0.3) is 16.5 Å². The predicted molar refractivity (Wildman–Crippen MR) is 84.3 cm³/mol. The van der Waals surface area contributed by atoms with Gasteiger partial charge in [-0.05, 0) is 18.2 Å². The zero-order valence-corrected chi connectivity index (χ0v) is 12.4. The number of aromatic nitrogens is 1. The fraction of sp³-hybridized carbons (Fsp3) is 0.0588. The summed E-state index contributed by atoms with van der Waals surface area (Å²) >= 11 is 5.96. The maximum absolute atomic E-state index is 12.4. The minimum absolute atomic E-state index is 0.0579. The van der Waals surface area contributed by atoms with Crippen LogP contribution in [0.1, 0.15) is 5.56 Å². The molecule has 1 aromatic heterocycles. The molecule has 0 aliphatic carbocycles. The van der Waals surface area contributed by atoms with Crippen molar-refractivity contribution in [3.05, 3.63) is 63.6 Å². The average molecular weight is 311 g/mol. The van der Waals surface area contributed by atoms with Gasteiger partial charge in [-0.2, -0.15) is 0 Å². The van der Waals surface area contributed by atoms with Crippen molar-refractivity contribution in [2.45, 2.75) is 0 Å². The molecule has 3 aromatic rings. The lowest BCUT2D eigenvalue weighted by Gasteiger charge is -2.00. The maximum Gasteiger partial charge on any atom is 0.279 e.